The molecule has 158 valence electrons. The van der Waals surface area contributed by atoms with E-state index < -0.39 is 15.9 Å². The number of hydrogen-bond acceptors (Lipinski definition) is 6. The molecule has 3 aromatic rings. The summed E-state index contributed by atoms with van der Waals surface area (Å²) < 4.78 is 26.9. The number of nitrogens with zero attached hydrogens (tertiary/aromatic N) is 3. The van der Waals surface area contributed by atoms with E-state index in [4.69, 9.17) is 11.6 Å². The summed E-state index contributed by atoms with van der Waals surface area (Å²) >= 11 is 7.48. The number of hydrogen-bond donors (Lipinski definition) is 1. The number of thiazole rings is 1. The molecule has 10 heteroatoms. The number of amides is 1. The van der Waals surface area contributed by atoms with Crippen molar-refractivity contribution in [3.63, 3.8) is 0 Å². The van der Waals surface area contributed by atoms with Crippen LogP contribution in [-0.4, -0.2) is 41.7 Å². The zero-order valence-corrected chi connectivity index (χ0v) is 19.1. The van der Waals surface area contributed by atoms with E-state index in [1.165, 1.54) is 33.8 Å². The highest BCUT2D eigenvalue weighted by Gasteiger charge is 2.24. The summed E-state index contributed by atoms with van der Waals surface area (Å²) in [7, 11) is -3.71. The Morgan fingerprint density at radius 1 is 1.20 bits per heavy atom. The van der Waals surface area contributed by atoms with Crippen LogP contribution in [0.15, 0.2) is 47.5 Å². The average molecular weight is 465 g/mol. The maximum absolute atomic E-state index is 12.8. The van der Waals surface area contributed by atoms with Crippen LogP contribution in [0.1, 0.15) is 29.9 Å². The summed E-state index contributed by atoms with van der Waals surface area (Å²) in [4.78, 5) is 22.4. The van der Waals surface area contributed by atoms with Crippen LogP contribution in [0.25, 0.3) is 10.6 Å². The smallest absolute Gasteiger partial charge is 0.259 e. The number of anilines is 1. The zero-order chi connectivity index (χ0) is 21.9. The molecule has 30 heavy (non-hydrogen) atoms. The quantitative estimate of drug-likeness (QED) is 0.557. The summed E-state index contributed by atoms with van der Waals surface area (Å²) in [5.41, 5.74) is 1.56. The molecular weight excluding hydrogens is 444 g/mol. The van der Waals surface area contributed by atoms with Gasteiger partial charge in [0.05, 0.1) is 31.7 Å². The third-order valence-electron chi connectivity index (χ3n) is 4.44. The van der Waals surface area contributed by atoms with Gasteiger partial charge < -0.3 is 0 Å². The first kappa shape index (κ1) is 22.4. The molecule has 7 nitrogen and oxygen atoms in total. The van der Waals surface area contributed by atoms with E-state index in [2.05, 4.69) is 15.3 Å². The lowest BCUT2D eigenvalue weighted by Crippen LogP contribution is -2.30. The maximum atomic E-state index is 12.8. The van der Waals surface area contributed by atoms with Crippen molar-refractivity contribution in [2.45, 2.75) is 25.7 Å². The predicted molar refractivity (Wildman–Crippen MR) is 120 cm³/mol. The molecule has 0 atom stereocenters. The van der Waals surface area contributed by atoms with Crippen molar-refractivity contribution in [1.29, 1.82) is 0 Å². The molecule has 0 fully saturated rings. The number of halogens is 1. The van der Waals surface area contributed by atoms with E-state index in [1.54, 1.807) is 20.0 Å². The van der Waals surface area contributed by atoms with Crippen molar-refractivity contribution < 1.29 is 13.2 Å². The lowest BCUT2D eigenvalue weighted by Gasteiger charge is -2.19. The first-order valence-electron chi connectivity index (χ1n) is 9.27. The van der Waals surface area contributed by atoms with Gasteiger partial charge in [-0.05, 0) is 37.3 Å². The molecule has 1 aromatic carbocycles. The lowest BCUT2D eigenvalue weighted by atomic mass is 10.2. The second-order valence-electron chi connectivity index (χ2n) is 6.33. The summed E-state index contributed by atoms with van der Waals surface area (Å²) in [6.07, 6.45) is 1.69. The minimum absolute atomic E-state index is 0.0187. The Hall–Kier alpha value is -2.33. The zero-order valence-electron chi connectivity index (χ0n) is 16.7. The number of rotatable bonds is 7. The van der Waals surface area contributed by atoms with E-state index in [0.29, 0.717) is 18.2 Å². The first-order valence-corrected chi connectivity index (χ1v) is 11.9. The van der Waals surface area contributed by atoms with E-state index in [0.717, 1.165) is 16.3 Å². The third kappa shape index (κ3) is 4.54. The number of carbonyl (C=O) groups is 1. The number of nitrogens with one attached hydrogen (secondary N) is 1. The van der Waals surface area contributed by atoms with Crippen molar-refractivity contribution in [3.8, 4) is 10.6 Å². The summed E-state index contributed by atoms with van der Waals surface area (Å²) in [5, 5.41) is 3.25. The Labute approximate surface area is 184 Å². The van der Waals surface area contributed by atoms with Crippen LogP contribution in [0.5, 0.6) is 0 Å². The van der Waals surface area contributed by atoms with E-state index in [9.17, 15) is 13.2 Å². The molecule has 0 bridgehead atoms. The van der Waals surface area contributed by atoms with Gasteiger partial charge in [-0.25, -0.2) is 13.4 Å². The van der Waals surface area contributed by atoms with Crippen molar-refractivity contribution in [3.05, 3.63) is 58.9 Å². The fraction of sp³-hybridized carbons (Fsp3) is 0.250. The van der Waals surface area contributed by atoms with Crippen LogP contribution in [0.2, 0.25) is 5.02 Å². The highest BCUT2D eigenvalue weighted by molar-refractivity contribution is 7.89. The number of sulfonamides is 1. The fourth-order valence-electron chi connectivity index (χ4n) is 2.90. The van der Waals surface area contributed by atoms with Crippen LogP contribution in [0.3, 0.4) is 0 Å². The van der Waals surface area contributed by atoms with Gasteiger partial charge in [-0.15, -0.1) is 0 Å². The van der Waals surface area contributed by atoms with Gasteiger partial charge >= 0.3 is 0 Å². The molecule has 0 radical (unpaired) electrons. The number of pyridine rings is 1. The highest BCUT2D eigenvalue weighted by Crippen LogP contribution is 2.32. The van der Waals surface area contributed by atoms with Crippen molar-refractivity contribution in [2.24, 2.45) is 0 Å². The molecule has 2 heterocycles. The van der Waals surface area contributed by atoms with E-state index in [-0.39, 0.29) is 15.5 Å². The number of benzene rings is 1. The van der Waals surface area contributed by atoms with Crippen molar-refractivity contribution >= 4 is 44.0 Å². The molecule has 0 aliphatic heterocycles. The second-order valence-corrected chi connectivity index (χ2v) is 9.68. The molecule has 3 rings (SSSR count). The number of aromatic nitrogens is 2. The molecule has 1 amide bonds. The Morgan fingerprint density at radius 3 is 2.57 bits per heavy atom. The van der Waals surface area contributed by atoms with E-state index >= 15 is 0 Å². The van der Waals surface area contributed by atoms with Gasteiger partial charge in [0.2, 0.25) is 10.0 Å². The Morgan fingerprint density at radius 2 is 1.93 bits per heavy atom. The second kappa shape index (κ2) is 9.22. The summed E-state index contributed by atoms with van der Waals surface area (Å²) in [6.45, 7) is 6.01. The minimum atomic E-state index is -3.71. The highest BCUT2D eigenvalue weighted by atomic mass is 35.5. The topological polar surface area (TPSA) is 92.3 Å². The number of aryl methyl sites for hydroxylation is 1. The molecule has 0 saturated heterocycles. The van der Waals surface area contributed by atoms with Gasteiger partial charge in [0.15, 0.2) is 5.13 Å². The van der Waals surface area contributed by atoms with Crippen LogP contribution in [0, 0.1) is 6.92 Å². The lowest BCUT2D eigenvalue weighted by molar-refractivity contribution is 0.102. The molecule has 0 aliphatic rings. The summed E-state index contributed by atoms with van der Waals surface area (Å²) in [6, 6.07) is 9.68. The molecule has 0 spiro atoms. The van der Waals surface area contributed by atoms with Gasteiger partial charge in [0, 0.05) is 19.3 Å². The molecule has 0 unspecified atom stereocenters. The molecular formula is C20H21ClN4O3S2. The minimum Gasteiger partial charge on any atom is -0.298 e. The first-order chi connectivity index (χ1) is 14.3. The average Bonchev–Trinajstić information content (AvgIpc) is 3.09. The number of carbonyl (C=O) groups excluding carboxylic acids is 1. The SMILES string of the molecule is CCN(CC)S(=O)(=O)c1ccc(Cl)c(C(=O)Nc2nc(C)c(-c3ccccn3)s2)c1. The largest absolute Gasteiger partial charge is 0.298 e. The molecule has 0 saturated carbocycles. The van der Waals surface area contributed by atoms with Crippen LogP contribution >= 0.6 is 22.9 Å². The van der Waals surface area contributed by atoms with Gasteiger partial charge in [0.25, 0.3) is 5.91 Å². The fourth-order valence-corrected chi connectivity index (χ4v) is 5.53. The Bertz CT molecular complexity index is 1160. The van der Waals surface area contributed by atoms with Crippen LogP contribution in [-0.2, 0) is 10.0 Å². The Balaban J connectivity index is 1.90. The Kier molecular flexibility index (Phi) is 6.87. The van der Waals surface area contributed by atoms with Gasteiger partial charge in [0.1, 0.15) is 0 Å². The van der Waals surface area contributed by atoms with Crippen LogP contribution < -0.4 is 5.32 Å². The standard InChI is InChI=1S/C20H21ClN4O3S2/c1-4-25(5-2)30(27,28)14-9-10-16(21)15(12-14)19(26)24-20-23-13(3)18(29-20)17-8-6-7-11-22-17/h6-12H,4-5H2,1-3H3,(H,23,24,26). The van der Waals surface area contributed by atoms with Crippen molar-refractivity contribution in [1.82, 2.24) is 14.3 Å². The third-order valence-corrected chi connectivity index (χ3v) is 7.91. The maximum Gasteiger partial charge on any atom is 0.259 e. The van der Waals surface area contributed by atoms with E-state index in [1.807, 2.05) is 25.1 Å². The summed E-state index contributed by atoms with van der Waals surface area (Å²) in [5.74, 6) is -0.530. The van der Waals surface area contributed by atoms with Crippen LogP contribution in [0.4, 0.5) is 5.13 Å². The molecule has 1 N–H and O–H groups in total. The normalized spacial score (nSPS) is 11.6. The van der Waals surface area contributed by atoms with Gasteiger partial charge in [-0.3, -0.25) is 15.1 Å². The predicted octanol–water partition coefficient (Wildman–Crippen LogP) is 4.45. The van der Waals surface area contributed by atoms with Gasteiger partial charge in [-0.2, -0.15) is 4.31 Å². The molecule has 2 aromatic heterocycles. The molecule has 0 aliphatic carbocycles. The monoisotopic (exact) mass is 464 g/mol. The van der Waals surface area contributed by atoms with Crippen molar-refractivity contribution in [2.75, 3.05) is 18.4 Å². The van der Waals surface area contributed by atoms with Gasteiger partial charge in [-0.1, -0.05) is 42.9 Å².